The number of halogens is 2. The molecule has 0 spiro atoms. The smallest absolute Gasteiger partial charge is 0.322 e. The second-order valence-corrected chi connectivity index (χ2v) is 8.22. The molecule has 0 bridgehead atoms. The first-order chi connectivity index (χ1) is 16.0. The molecule has 0 saturated carbocycles. The summed E-state index contributed by atoms with van der Waals surface area (Å²) in [6.45, 7) is 2.37. The monoisotopic (exact) mass is 487 g/mol. The number of carbonyl (C=O) groups is 1. The molecule has 1 saturated heterocycles. The maximum atomic E-state index is 12.8. The van der Waals surface area contributed by atoms with Gasteiger partial charge in [-0.1, -0.05) is 23.2 Å². The van der Waals surface area contributed by atoms with E-state index in [1.165, 1.54) is 0 Å². The van der Waals surface area contributed by atoms with Crippen molar-refractivity contribution in [2.45, 2.75) is 0 Å². The molecule has 0 radical (unpaired) electrons. The van der Waals surface area contributed by atoms with Crippen molar-refractivity contribution in [1.29, 1.82) is 0 Å². The molecule has 3 aromatic rings. The van der Waals surface area contributed by atoms with Crippen LogP contribution in [-0.4, -0.2) is 61.5 Å². The number of hydrogen-bond donors (Lipinski definition) is 1. The highest BCUT2D eigenvalue weighted by molar-refractivity contribution is 6.36. The lowest BCUT2D eigenvalue weighted by molar-refractivity contribution is 0.208. The van der Waals surface area contributed by atoms with Gasteiger partial charge in [-0.2, -0.15) is 0 Å². The number of anilines is 2. The van der Waals surface area contributed by atoms with Gasteiger partial charge in [-0.05, 0) is 42.5 Å². The van der Waals surface area contributed by atoms with Crippen molar-refractivity contribution in [3.05, 3.63) is 58.6 Å². The molecule has 0 atom stereocenters. The lowest BCUT2D eigenvalue weighted by atomic mass is 10.1. The van der Waals surface area contributed by atoms with Gasteiger partial charge in [0.15, 0.2) is 5.82 Å². The molecular weight excluding hydrogens is 465 g/mol. The summed E-state index contributed by atoms with van der Waals surface area (Å²) < 4.78 is 10.6. The summed E-state index contributed by atoms with van der Waals surface area (Å²) in [4.78, 5) is 16.6. The number of urea groups is 1. The molecule has 1 aliphatic rings. The quantitative estimate of drug-likeness (QED) is 0.555. The molecule has 2 amide bonds. The first-order valence-electron chi connectivity index (χ1n) is 10.3. The number of benzene rings is 2. The Kier molecular flexibility index (Phi) is 7.05. The van der Waals surface area contributed by atoms with Crippen LogP contribution in [0.1, 0.15) is 0 Å². The molecule has 1 aromatic heterocycles. The molecule has 2 aromatic carbocycles. The van der Waals surface area contributed by atoms with Crippen molar-refractivity contribution in [3.8, 4) is 22.8 Å². The van der Waals surface area contributed by atoms with Gasteiger partial charge in [-0.15, -0.1) is 10.2 Å². The van der Waals surface area contributed by atoms with E-state index in [0.29, 0.717) is 59.1 Å². The Labute approximate surface area is 202 Å². The average Bonchev–Trinajstić information content (AvgIpc) is 2.84. The van der Waals surface area contributed by atoms with Crippen molar-refractivity contribution in [2.24, 2.45) is 0 Å². The van der Waals surface area contributed by atoms with E-state index in [0.717, 1.165) is 11.4 Å². The molecule has 2 heterocycles. The second-order valence-electron chi connectivity index (χ2n) is 7.37. The number of methoxy groups -OCH3 is 2. The van der Waals surface area contributed by atoms with Crippen LogP contribution in [0.4, 0.5) is 16.3 Å². The average molecular weight is 488 g/mol. The number of nitrogens with one attached hydrogen (secondary N) is 1. The highest BCUT2D eigenvalue weighted by atomic mass is 35.5. The molecule has 10 heteroatoms. The Morgan fingerprint density at radius 1 is 0.939 bits per heavy atom. The molecule has 1 aliphatic heterocycles. The number of amides is 2. The zero-order valence-electron chi connectivity index (χ0n) is 18.2. The summed E-state index contributed by atoms with van der Waals surface area (Å²) in [5.74, 6) is 1.95. The summed E-state index contributed by atoms with van der Waals surface area (Å²) in [6.07, 6.45) is 0. The number of aromatic nitrogens is 2. The predicted octanol–water partition coefficient (Wildman–Crippen LogP) is 4.82. The minimum Gasteiger partial charge on any atom is -0.497 e. The van der Waals surface area contributed by atoms with Gasteiger partial charge >= 0.3 is 6.03 Å². The first-order valence-corrected chi connectivity index (χ1v) is 11.1. The zero-order valence-corrected chi connectivity index (χ0v) is 19.7. The highest BCUT2D eigenvalue weighted by Gasteiger charge is 2.23. The number of ether oxygens (including phenoxy) is 2. The molecule has 4 rings (SSSR count). The van der Waals surface area contributed by atoms with Crippen LogP contribution in [0.3, 0.4) is 0 Å². The molecule has 8 nitrogen and oxygen atoms in total. The summed E-state index contributed by atoms with van der Waals surface area (Å²) >= 11 is 12.2. The normalized spacial score (nSPS) is 13.6. The van der Waals surface area contributed by atoms with E-state index in [1.54, 1.807) is 49.5 Å². The topological polar surface area (TPSA) is 79.8 Å². The molecule has 172 valence electrons. The highest BCUT2D eigenvalue weighted by Crippen LogP contribution is 2.30. The van der Waals surface area contributed by atoms with Gasteiger partial charge in [0.2, 0.25) is 0 Å². The van der Waals surface area contributed by atoms with Gasteiger partial charge in [0.05, 0.1) is 30.6 Å². The first kappa shape index (κ1) is 22.9. The Hall–Kier alpha value is -3.23. The van der Waals surface area contributed by atoms with Gasteiger partial charge in [0.25, 0.3) is 0 Å². The van der Waals surface area contributed by atoms with Crippen LogP contribution in [0.2, 0.25) is 10.0 Å². The standard InChI is InChI=1S/C23H23Cl2N5O3/c1-32-16-4-7-21(33-2)20(14-16)26-23(31)30-11-9-29(10-12-30)22-8-6-19(27-28-22)17-5-3-15(24)13-18(17)25/h3-8,13-14H,9-12H2,1-2H3,(H,26,31). The number of rotatable bonds is 5. The zero-order chi connectivity index (χ0) is 23.4. The molecular formula is C23H23Cl2N5O3. The van der Waals surface area contributed by atoms with E-state index in [9.17, 15) is 4.79 Å². The number of carbonyl (C=O) groups excluding carboxylic acids is 1. The van der Waals surface area contributed by atoms with E-state index in [1.807, 2.05) is 18.2 Å². The van der Waals surface area contributed by atoms with E-state index in [4.69, 9.17) is 32.7 Å². The van der Waals surface area contributed by atoms with Crippen LogP contribution in [-0.2, 0) is 0 Å². The Morgan fingerprint density at radius 2 is 1.73 bits per heavy atom. The number of nitrogens with zero attached hydrogens (tertiary/aromatic N) is 4. The Morgan fingerprint density at radius 3 is 2.36 bits per heavy atom. The van der Waals surface area contributed by atoms with Gasteiger partial charge in [0, 0.05) is 42.8 Å². The van der Waals surface area contributed by atoms with E-state index in [-0.39, 0.29) is 6.03 Å². The minimum absolute atomic E-state index is 0.194. The molecule has 1 fully saturated rings. The van der Waals surface area contributed by atoms with E-state index >= 15 is 0 Å². The molecule has 1 N–H and O–H groups in total. The van der Waals surface area contributed by atoms with Crippen LogP contribution in [0.5, 0.6) is 11.5 Å². The van der Waals surface area contributed by atoms with Crippen LogP contribution in [0.25, 0.3) is 11.3 Å². The summed E-state index contributed by atoms with van der Waals surface area (Å²) in [6, 6.07) is 14.1. The van der Waals surface area contributed by atoms with Crippen LogP contribution < -0.4 is 19.7 Å². The van der Waals surface area contributed by atoms with Crippen LogP contribution in [0, 0.1) is 0 Å². The fraction of sp³-hybridized carbons (Fsp3) is 0.261. The SMILES string of the molecule is COc1ccc(OC)c(NC(=O)N2CCN(c3ccc(-c4ccc(Cl)cc4Cl)nn3)CC2)c1. The van der Waals surface area contributed by atoms with Gasteiger partial charge in [-0.3, -0.25) is 0 Å². The second kappa shape index (κ2) is 10.1. The fourth-order valence-electron chi connectivity index (χ4n) is 3.58. The minimum atomic E-state index is -0.194. The van der Waals surface area contributed by atoms with Crippen molar-refractivity contribution >= 4 is 40.7 Å². The summed E-state index contributed by atoms with van der Waals surface area (Å²) in [7, 11) is 3.13. The third-order valence-electron chi connectivity index (χ3n) is 5.40. The third kappa shape index (κ3) is 5.23. The van der Waals surface area contributed by atoms with Gasteiger partial charge in [-0.25, -0.2) is 4.79 Å². The summed E-state index contributed by atoms with van der Waals surface area (Å²) in [5, 5.41) is 12.7. The fourth-order valence-corrected chi connectivity index (χ4v) is 4.08. The maximum absolute atomic E-state index is 12.8. The van der Waals surface area contributed by atoms with Crippen molar-refractivity contribution in [2.75, 3.05) is 50.6 Å². The van der Waals surface area contributed by atoms with Crippen molar-refractivity contribution < 1.29 is 14.3 Å². The van der Waals surface area contributed by atoms with Gasteiger partial charge < -0.3 is 24.6 Å². The molecule has 0 aliphatic carbocycles. The van der Waals surface area contributed by atoms with Crippen LogP contribution in [0.15, 0.2) is 48.5 Å². The Bertz CT molecular complexity index is 1140. The lowest BCUT2D eigenvalue weighted by Gasteiger charge is -2.35. The predicted molar refractivity (Wildman–Crippen MR) is 130 cm³/mol. The van der Waals surface area contributed by atoms with Gasteiger partial charge in [0.1, 0.15) is 11.5 Å². The lowest BCUT2D eigenvalue weighted by Crippen LogP contribution is -2.50. The number of hydrogen-bond acceptors (Lipinski definition) is 6. The summed E-state index contributed by atoms with van der Waals surface area (Å²) in [5.41, 5.74) is 2.01. The van der Waals surface area contributed by atoms with Crippen molar-refractivity contribution in [3.63, 3.8) is 0 Å². The van der Waals surface area contributed by atoms with Crippen LogP contribution >= 0.6 is 23.2 Å². The maximum Gasteiger partial charge on any atom is 0.322 e. The number of piperazine rings is 1. The Balaban J connectivity index is 1.37. The molecule has 33 heavy (non-hydrogen) atoms. The third-order valence-corrected chi connectivity index (χ3v) is 5.94. The van der Waals surface area contributed by atoms with Crippen molar-refractivity contribution in [1.82, 2.24) is 15.1 Å². The largest absolute Gasteiger partial charge is 0.497 e. The van der Waals surface area contributed by atoms with E-state index in [2.05, 4.69) is 20.4 Å². The van der Waals surface area contributed by atoms with E-state index < -0.39 is 0 Å². The molecule has 0 unspecified atom stereocenters.